The zero-order valence-corrected chi connectivity index (χ0v) is 15.9. The zero-order valence-electron chi connectivity index (χ0n) is 15.1. The summed E-state index contributed by atoms with van der Waals surface area (Å²) in [5.74, 6) is 0.812. The second kappa shape index (κ2) is 7.24. The summed E-state index contributed by atoms with van der Waals surface area (Å²) in [6.07, 6.45) is 1.73. The number of fused-ring (bicyclic) bond motifs is 1. The maximum absolute atomic E-state index is 12.7. The van der Waals surface area contributed by atoms with E-state index in [2.05, 4.69) is 10.1 Å². The van der Waals surface area contributed by atoms with Crippen molar-refractivity contribution in [3.8, 4) is 22.9 Å². The molecule has 0 saturated heterocycles. The van der Waals surface area contributed by atoms with E-state index in [-0.39, 0.29) is 5.56 Å². The highest BCUT2D eigenvalue weighted by Gasteiger charge is 2.12. The Labute approximate surface area is 163 Å². The predicted molar refractivity (Wildman–Crippen MR) is 106 cm³/mol. The molecule has 8 heteroatoms. The summed E-state index contributed by atoms with van der Waals surface area (Å²) >= 11 is 1.26. The summed E-state index contributed by atoms with van der Waals surface area (Å²) in [5.41, 5.74) is 1.35. The first-order chi connectivity index (χ1) is 13.5. The number of hydrogen-bond donors (Lipinski definition) is 0. The Hall–Kier alpha value is -3.52. The molecule has 4 rings (SSSR count). The Balaban J connectivity index is 1.74. The first-order valence-corrected chi connectivity index (χ1v) is 9.20. The molecule has 0 aliphatic rings. The lowest BCUT2D eigenvalue weighted by Gasteiger charge is -2.08. The van der Waals surface area contributed by atoms with Crippen molar-refractivity contribution in [3.05, 3.63) is 69.0 Å². The fourth-order valence-corrected chi connectivity index (χ4v) is 3.62. The van der Waals surface area contributed by atoms with Gasteiger partial charge in [0, 0.05) is 12.5 Å². The lowest BCUT2D eigenvalue weighted by Crippen LogP contribution is -2.23. The van der Waals surface area contributed by atoms with Crippen LogP contribution in [0.3, 0.4) is 0 Å². The van der Waals surface area contributed by atoms with Crippen LogP contribution in [-0.2, 0) is 4.79 Å². The molecule has 0 N–H and O–H groups in total. The highest BCUT2D eigenvalue weighted by atomic mass is 32.1. The number of methoxy groups -OCH3 is 1. The SMILES string of the molecule is COc1cc(C=c2sc3nc(-c4ccccc4)nn3c2=O)ccc1OC(C)=O. The van der Waals surface area contributed by atoms with Gasteiger partial charge in [0.25, 0.3) is 5.56 Å². The number of thiazole rings is 1. The molecule has 2 aromatic carbocycles. The lowest BCUT2D eigenvalue weighted by molar-refractivity contribution is -0.132. The van der Waals surface area contributed by atoms with Crippen molar-refractivity contribution < 1.29 is 14.3 Å². The summed E-state index contributed by atoms with van der Waals surface area (Å²) in [5, 5.41) is 4.33. The Morgan fingerprint density at radius 2 is 1.93 bits per heavy atom. The van der Waals surface area contributed by atoms with E-state index in [0.29, 0.717) is 26.8 Å². The molecule has 2 heterocycles. The summed E-state index contributed by atoms with van der Waals surface area (Å²) in [6, 6.07) is 14.6. The first-order valence-electron chi connectivity index (χ1n) is 8.38. The fourth-order valence-electron chi connectivity index (χ4n) is 2.71. The van der Waals surface area contributed by atoms with E-state index in [1.54, 1.807) is 24.3 Å². The molecule has 140 valence electrons. The molecule has 0 unspecified atom stereocenters. The Morgan fingerprint density at radius 1 is 1.14 bits per heavy atom. The highest BCUT2D eigenvalue weighted by Crippen LogP contribution is 2.28. The van der Waals surface area contributed by atoms with Crippen LogP contribution in [0.5, 0.6) is 11.5 Å². The Morgan fingerprint density at radius 3 is 2.61 bits per heavy atom. The first kappa shape index (κ1) is 17.9. The molecule has 0 aliphatic carbocycles. The number of benzene rings is 2. The fraction of sp³-hybridized carbons (Fsp3) is 0.100. The third-order valence-corrected chi connectivity index (χ3v) is 4.91. The predicted octanol–water partition coefficient (Wildman–Crippen LogP) is 2.30. The van der Waals surface area contributed by atoms with Crippen LogP contribution in [0.4, 0.5) is 0 Å². The molecule has 0 spiro atoms. The van der Waals surface area contributed by atoms with E-state index in [1.165, 1.54) is 29.9 Å². The van der Waals surface area contributed by atoms with Gasteiger partial charge in [0.05, 0.1) is 11.6 Å². The van der Waals surface area contributed by atoms with Crippen molar-refractivity contribution in [2.24, 2.45) is 0 Å². The van der Waals surface area contributed by atoms with Gasteiger partial charge in [-0.2, -0.15) is 9.50 Å². The number of aromatic nitrogens is 3. The third kappa shape index (κ3) is 3.37. The van der Waals surface area contributed by atoms with E-state index in [4.69, 9.17) is 9.47 Å². The van der Waals surface area contributed by atoms with E-state index in [1.807, 2.05) is 30.3 Å². The van der Waals surface area contributed by atoms with Crippen LogP contribution in [0, 0.1) is 0 Å². The summed E-state index contributed by atoms with van der Waals surface area (Å²) < 4.78 is 12.2. The molecule has 0 radical (unpaired) electrons. The minimum atomic E-state index is -0.434. The van der Waals surface area contributed by atoms with Crippen LogP contribution in [0.1, 0.15) is 12.5 Å². The second-order valence-electron chi connectivity index (χ2n) is 5.92. The van der Waals surface area contributed by atoms with Crippen LogP contribution < -0.4 is 19.6 Å². The van der Waals surface area contributed by atoms with Crippen LogP contribution in [0.25, 0.3) is 22.4 Å². The minimum absolute atomic E-state index is 0.238. The van der Waals surface area contributed by atoms with Gasteiger partial charge in [-0.3, -0.25) is 9.59 Å². The molecule has 7 nitrogen and oxygen atoms in total. The summed E-state index contributed by atoms with van der Waals surface area (Å²) in [7, 11) is 1.49. The largest absolute Gasteiger partial charge is 0.493 e. The van der Waals surface area contributed by atoms with Gasteiger partial charge in [0.15, 0.2) is 17.3 Å². The van der Waals surface area contributed by atoms with Crippen LogP contribution in [-0.4, -0.2) is 27.7 Å². The van der Waals surface area contributed by atoms with Crippen molar-refractivity contribution >= 4 is 28.3 Å². The van der Waals surface area contributed by atoms with E-state index < -0.39 is 5.97 Å². The third-order valence-electron chi connectivity index (χ3n) is 3.95. The average Bonchev–Trinajstić information content (AvgIpc) is 3.23. The maximum Gasteiger partial charge on any atom is 0.308 e. The quantitative estimate of drug-likeness (QED) is 0.391. The molecular formula is C20H15N3O4S. The van der Waals surface area contributed by atoms with Crippen molar-refractivity contribution in [1.82, 2.24) is 14.6 Å². The van der Waals surface area contributed by atoms with Crippen molar-refractivity contribution in [2.75, 3.05) is 7.11 Å². The molecule has 2 aromatic heterocycles. The Kier molecular flexibility index (Phi) is 4.62. The standard InChI is InChI=1S/C20H15N3O4S/c1-12(24)27-15-9-8-13(10-16(15)26-2)11-17-19(25)23-20(28-17)21-18(22-23)14-6-4-3-5-7-14/h3-11H,1-2H3. The highest BCUT2D eigenvalue weighted by molar-refractivity contribution is 7.15. The molecule has 0 fully saturated rings. The van der Waals surface area contributed by atoms with Gasteiger partial charge in [0.1, 0.15) is 0 Å². The topological polar surface area (TPSA) is 82.8 Å². The van der Waals surface area contributed by atoms with Crippen LogP contribution in [0.2, 0.25) is 0 Å². The van der Waals surface area contributed by atoms with Gasteiger partial charge >= 0.3 is 5.97 Å². The van der Waals surface area contributed by atoms with E-state index in [9.17, 15) is 9.59 Å². The number of carbonyl (C=O) groups excluding carboxylic acids is 1. The van der Waals surface area contributed by atoms with Crippen LogP contribution >= 0.6 is 11.3 Å². The van der Waals surface area contributed by atoms with Crippen molar-refractivity contribution in [1.29, 1.82) is 0 Å². The minimum Gasteiger partial charge on any atom is -0.493 e. The van der Waals surface area contributed by atoms with Gasteiger partial charge in [-0.1, -0.05) is 47.7 Å². The van der Waals surface area contributed by atoms with Crippen molar-refractivity contribution in [3.63, 3.8) is 0 Å². The van der Waals surface area contributed by atoms with E-state index in [0.717, 1.165) is 11.1 Å². The van der Waals surface area contributed by atoms with Crippen molar-refractivity contribution in [2.45, 2.75) is 6.92 Å². The number of rotatable bonds is 4. The summed E-state index contributed by atoms with van der Waals surface area (Å²) in [6.45, 7) is 1.32. The monoisotopic (exact) mass is 393 g/mol. The second-order valence-corrected chi connectivity index (χ2v) is 6.92. The zero-order chi connectivity index (χ0) is 19.7. The number of nitrogens with zero attached hydrogens (tertiary/aromatic N) is 3. The number of hydrogen-bond acceptors (Lipinski definition) is 7. The van der Waals surface area contributed by atoms with E-state index >= 15 is 0 Å². The number of esters is 1. The summed E-state index contributed by atoms with van der Waals surface area (Å²) in [4.78, 5) is 28.8. The Bertz CT molecular complexity index is 1280. The molecule has 4 aromatic rings. The molecular weight excluding hydrogens is 378 g/mol. The molecule has 0 saturated carbocycles. The van der Waals surface area contributed by atoms with Crippen LogP contribution in [0.15, 0.2) is 53.3 Å². The van der Waals surface area contributed by atoms with Gasteiger partial charge in [0.2, 0.25) is 4.96 Å². The maximum atomic E-state index is 12.7. The van der Waals surface area contributed by atoms with Gasteiger partial charge in [-0.05, 0) is 23.8 Å². The smallest absolute Gasteiger partial charge is 0.308 e. The molecule has 28 heavy (non-hydrogen) atoms. The van der Waals surface area contributed by atoms with Gasteiger partial charge in [-0.15, -0.1) is 5.10 Å². The average molecular weight is 393 g/mol. The normalized spacial score (nSPS) is 11.7. The van der Waals surface area contributed by atoms with Gasteiger partial charge in [-0.25, -0.2) is 0 Å². The number of ether oxygens (including phenoxy) is 2. The molecule has 0 atom stereocenters. The number of carbonyl (C=O) groups is 1. The molecule has 0 aliphatic heterocycles. The van der Waals surface area contributed by atoms with Gasteiger partial charge < -0.3 is 9.47 Å². The molecule has 0 bridgehead atoms. The lowest BCUT2D eigenvalue weighted by atomic mass is 10.2. The molecule has 0 amide bonds.